The van der Waals surface area contributed by atoms with Crippen molar-refractivity contribution in [3.8, 4) is 0 Å². The fourth-order valence-electron chi connectivity index (χ4n) is 1.21. The quantitative estimate of drug-likeness (QED) is 0.646. The Kier molecular flexibility index (Phi) is 3.70. The lowest BCUT2D eigenvalue weighted by Crippen LogP contribution is -2.45. The summed E-state index contributed by atoms with van der Waals surface area (Å²) in [5.74, 6) is -1.02. The minimum absolute atomic E-state index is 0.0127. The van der Waals surface area contributed by atoms with E-state index in [0.717, 1.165) is 11.3 Å². The Labute approximate surface area is 81.8 Å². The lowest BCUT2D eigenvalue weighted by molar-refractivity contribution is -0.137. The molecule has 2 N–H and O–H groups in total. The first-order valence-electron chi connectivity index (χ1n) is 4.40. The second-order valence-corrected chi connectivity index (χ2v) is 3.26. The molecule has 1 aliphatic rings. The fraction of sp³-hybridized carbons (Fsp3) is 0.750. The van der Waals surface area contributed by atoms with Crippen molar-refractivity contribution >= 4 is 12.0 Å². The van der Waals surface area contributed by atoms with Crippen molar-refractivity contribution in [2.45, 2.75) is 12.5 Å². The molecule has 0 aromatic rings. The van der Waals surface area contributed by atoms with Gasteiger partial charge in [0.05, 0.1) is 12.6 Å². The van der Waals surface area contributed by atoms with Gasteiger partial charge in [0.1, 0.15) is 6.54 Å². The van der Waals surface area contributed by atoms with E-state index in [1.165, 1.54) is 7.05 Å². The highest BCUT2D eigenvalue weighted by atomic mass is 16.5. The maximum atomic E-state index is 11.3. The van der Waals surface area contributed by atoms with Gasteiger partial charge in [-0.05, 0) is 6.42 Å². The van der Waals surface area contributed by atoms with E-state index < -0.39 is 5.97 Å². The zero-order valence-electron chi connectivity index (χ0n) is 8.02. The molecule has 1 aliphatic heterocycles. The van der Waals surface area contributed by atoms with Gasteiger partial charge < -0.3 is 20.1 Å². The van der Waals surface area contributed by atoms with Gasteiger partial charge in [0.15, 0.2) is 0 Å². The van der Waals surface area contributed by atoms with E-state index in [-0.39, 0.29) is 18.6 Å². The average molecular weight is 202 g/mol. The summed E-state index contributed by atoms with van der Waals surface area (Å²) in [6.45, 7) is 0.861. The van der Waals surface area contributed by atoms with Crippen LogP contribution in [0.15, 0.2) is 0 Å². The highest BCUT2D eigenvalue weighted by Gasteiger charge is 2.20. The molecular formula is C8H14N2O4. The van der Waals surface area contributed by atoms with E-state index in [2.05, 4.69) is 5.32 Å². The summed E-state index contributed by atoms with van der Waals surface area (Å²) < 4.78 is 5.07. The zero-order chi connectivity index (χ0) is 10.6. The molecule has 0 aromatic carbocycles. The Morgan fingerprint density at radius 1 is 1.64 bits per heavy atom. The van der Waals surface area contributed by atoms with Gasteiger partial charge in [-0.3, -0.25) is 4.79 Å². The van der Waals surface area contributed by atoms with Crippen molar-refractivity contribution in [1.82, 2.24) is 10.2 Å². The molecule has 6 heteroatoms. The largest absolute Gasteiger partial charge is 0.480 e. The second kappa shape index (κ2) is 4.80. The monoisotopic (exact) mass is 202 g/mol. The van der Waals surface area contributed by atoms with E-state index in [0.29, 0.717) is 13.2 Å². The molecule has 0 saturated carbocycles. The number of hydrogen-bond acceptors (Lipinski definition) is 3. The maximum absolute atomic E-state index is 11.3. The topological polar surface area (TPSA) is 78.9 Å². The van der Waals surface area contributed by atoms with Gasteiger partial charge in [0.2, 0.25) is 0 Å². The average Bonchev–Trinajstić information content (AvgIpc) is 2.55. The first-order valence-corrected chi connectivity index (χ1v) is 4.40. The van der Waals surface area contributed by atoms with Crippen LogP contribution in [0, 0.1) is 0 Å². The van der Waals surface area contributed by atoms with Crippen molar-refractivity contribution in [2.24, 2.45) is 0 Å². The number of hydrogen-bond donors (Lipinski definition) is 2. The first kappa shape index (κ1) is 10.8. The number of nitrogens with one attached hydrogen (secondary N) is 1. The summed E-state index contributed by atoms with van der Waals surface area (Å²) >= 11 is 0. The van der Waals surface area contributed by atoms with Crippen LogP contribution in [0.4, 0.5) is 4.79 Å². The summed E-state index contributed by atoms with van der Waals surface area (Å²) in [5.41, 5.74) is 0. The summed E-state index contributed by atoms with van der Waals surface area (Å²) in [7, 11) is 1.44. The van der Waals surface area contributed by atoms with Gasteiger partial charge in [-0.1, -0.05) is 0 Å². The van der Waals surface area contributed by atoms with Crippen molar-refractivity contribution < 1.29 is 19.4 Å². The molecule has 0 spiro atoms. The Morgan fingerprint density at radius 2 is 2.36 bits per heavy atom. The van der Waals surface area contributed by atoms with Gasteiger partial charge in [-0.25, -0.2) is 4.79 Å². The summed E-state index contributed by atoms with van der Waals surface area (Å²) in [6, 6.07) is -0.360. The van der Waals surface area contributed by atoms with E-state index >= 15 is 0 Å². The normalized spacial score (nSPS) is 20.5. The molecule has 80 valence electrons. The van der Waals surface area contributed by atoms with E-state index in [4.69, 9.17) is 9.84 Å². The summed E-state index contributed by atoms with van der Waals surface area (Å²) in [4.78, 5) is 22.8. The predicted molar refractivity (Wildman–Crippen MR) is 48.0 cm³/mol. The Hall–Kier alpha value is -1.30. The zero-order valence-corrected chi connectivity index (χ0v) is 8.02. The number of urea groups is 1. The van der Waals surface area contributed by atoms with Crippen molar-refractivity contribution in [2.75, 3.05) is 26.8 Å². The number of amides is 2. The van der Waals surface area contributed by atoms with E-state index in [1.54, 1.807) is 0 Å². The van der Waals surface area contributed by atoms with E-state index in [1.807, 2.05) is 0 Å². The molecule has 0 radical (unpaired) electrons. The Morgan fingerprint density at radius 3 is 2.86 bits per heavy atom. The summed E-state index contributed by atoms with van der Waals surface area (Å²) in [5, 5.41) is 11.1. The number of nitrogens with zero attached hydrogens (tertiary/aromatic N) is 1. The van der Waals surface area contributed by atoms with Crippen LogP contribution >= 0.6 is 0 Å². The standard InChI is InChI=1S/C8H14N2O4/c1-10(4-7(11)12)8(13)9-6-2-3-14-5-6/h6H,2-5H2,1H3,(H,9,13)(H,11,12). The number of likely N-dealkylation sites (N-methyl/N-ethyl adjacent to an activating group) is 1. The number of rotatable bonds is 3. The van der Waals surface area contributed by atoms with Crippen LogP contribution in [0.3, 0.4) is 0 Å². The van der Waals surface area contributed by atoms with Crippen molar-refractivity contribution in [1.29, 1.82) is 0 Å². The highest BCUT2D eigenvalue weighted by Crippen LogP contribution is 2.03. The van der Waals surface area contributed by atoms with Gasteiger partial charge in [0, 0.05) is 13.7 Å². The number of aliphatic carboxylic acids is 1. The minimum atomic E-state index is -1.02. The Balaban J connectivity index is 2.29. The number of ether oxygens (including phenoxy) is 1. The van der Waals surface area contributed by atoms with Crippen LogP contribution in [0.25, 0.3) is 0 Å². The molecule has 0 aromatic heterocycles. The van der Waals surface area contributed by atoms with Crippen LogP contribution in [0.1, 0.15) is 6.42 Å². The van der Waals surface area contributed by atoms with Crippen molar-refractivity contribution in [3.05, 3.63) is 0 Å². The third kappa shape index (κ3) is 3.21. The molecule has 0 aliphatic carbocycles. The SMILES string of the molecule is CN(CC(=O)O)C(=O)NC1CCOC1. The van der Waals surface area contributed by atoms with Crippen LogP contribution in [0.2, 0.25) is 0 Å². The highest BCUT2D eigenvalue weighted by molar-refractivity contribution is 5.79. The van der Waals surface area contributed by atoms with E-state index in [9.17, 15) is 9.59 Å². The molecular weight excluding hydrogens is 188 g/mol. The molecule has 1 heterocycles. The first-order chi connectivity index (χ1) is 6.59. The number of carbonyl (C=O) groups is 2. The summed E-state index contributed by atoms with van der Waals surface area (Å²) in [6.07, 6.45) is 0.784. The van der Waals surface area contributed by atoms with Crippen LogP contribution < -0.4 is 5.32 Å². The molecule has 0 bridgehead atoms. The molecule has 6 nitrogen and oxygen atoms in total. The molecule has 1 fully saturated rings. The second-order valence-electron chi connectivity index (χ2n) is 3.26. The number of carbonyl (C=O) groups excluding carboxylic acids is 1. The van der Waals surface area contributed by atoms with Crippen LogP contribution in [0.5, 0.6) is 0 Å². The molecule has 1 rings (SSSR count). The number of carboxylic acid groups (broad SMARTS) is 1. The number of carboxylic acids is 1. The van der Waals surface area contributed by atoms with Crippen LogP contribution in [-0.4, -0.2) is 54.9 Å². The lowest BCUT2D eigenvalue weighted by Gasteiger charge is -2.18. The smallest absolute Gasteiger partial charge is 0.323 e. The molecule has 1 saturated heterocycles. The predicted octanol–water partition coefficient (Wildman–Crippen LogP) is -0.499. The van der Waals surface area contributed by atoms with Crippen LogP contribution in [-0.2, 0) is 9.53 Å². The van der Waals surface area contributed by atoms with Gasteiger partial charge in [-0.15, -0.1) is 0 Å². The van der Waals surface area contributed by atoms with Gasteiger partial charge in [0.25, 0.3) is 0 Å². The maximum Gasteiger partial charge on any atom is 0.323 e. The molecule has 2 amide bonds. The van der Waals surface area contributed by atoms with Gasteiger partial charge in [-0.2, -0.15) is 0 Å². The minimum Gasteiger partial charge on any atom is -0.480 e. The Bertz CT molecular complexity index is 225. The lowest BCUT2D eigenvalue weighted by atomic mass is 10.3. The van der Waals surface area contributed by atoms with Crippen molar-refractivity contribution in [3.63, 3.8) is 0 Å². The molecule has 14 heavy (non-hydrogen) atoms. The molecule has 1 unspecified atom stereocenters. The third-order valence-corrected chi connectivity index (χ3v) is 1.98. The van der Waals surface area contributed by atoms with Gasteiger partial charge >= 0.3 is 12.0 Å². The third-order valence-electron chi connectivity index (χ3n) is 1.98. The fourth-order valence-corrected chi connectivity index (χ4v) is 1.21. The molecule has 1 atom stereocenters.